The van der Waals surface area contributed by atoms with Gasteiger partial charge in [0.1, 0.15) is 0 Å². The lowest BCUT2D eigenvalue weighted by atomic mass is 10.1. The van der Waals surface area contributed by atoms with Gasteiger partial charge in [-0.05, 0) is 6.07 Å². The van der Waals surface area contributed by atoms with E-state index in [1.54, 1.807) is 10.9 Å². The molecule has 21 heavy (non-hydrogen) atoms. The van der Waals surface area contributed by atoms with E-state index in [0.29, 0.717) is 24.5 Å². The number of benzene rings is 1. The Hall–Kier alpha value is -2.70. The number of carboxylic acids is 1. The van der Waals surface area contributed by atoms with Gasteiger partial charge in [0.15, 0.2) is 11.5 Å². The molecule has 0 aliphatic rings. The van der Waals surface area contributed by atoms with Crippen LogP contribution in [0.5, 0.6) is 11.5 Å². The Kier molecular flexibility index (Phi) is 4.32. The molecule has 0 amide bonds. The van der Waals surface area contributed by atoms with Crippen LogP contribution >= 0.6 is 0 Å². The summed E-state index contributed by atoms with van der Waals surface area (Å²) in [5.41, 5.74) is 6.81. The molecule has 0 spiro atoms. The van der Waals surface area contributed by atoms with Crippen LogP contribution < -0.4 is 15.2 Å². The van der Waals surface area contributed by atoms with Crippen molar-refractivity contribution in [2.45, 2.75) is 6.42 Å². The van der Waals surface area contributed by atoms with Crippen molar-refractivity contribution in [1.29, 1.82) is 0 Å². The quantitative estimate of drug-likeness (QED) is 0.779. The van der Waals surface area contributed by atoms with Crippen molar-refractivity contribution in [2.75, 3.05) is 19.5 Å². The average molecular weight is 291 g/mol. The van der Waals surface area contributed by atoms with E-state index in [4.69, 9.17) is 20.3 Å². The lowest BCUT2D eigenvalue weighted by Crippen LogP contribution is -2.08. The largest absolute Gasteiger partial charge is 0.493 e. The van der Waals surface area contributed by atoms with Crippen molar-refractivity contribution in [3.05, 3.63) is 35.7 Å². The minimum absolute atomic E-state index is 0.00802. The second kappa shape index (κ2) is 6.17. The summed E-state index contributed by atoms with van der Waals surface area (Å²) in [6.07, 6.45) is 2.36. The maximum Gasteiger partial charge on any atom is 0.337 e. The summed E-state index contributed by atoms with van der Waals surface area (Å²) in [5, 5.41) is 13.1. The van der Waals surface area contributed by atoms with Gasteiger partial charge < -0.3 is 20.3 Å². The van der Waals surface area contributed by atoms with Gasteiger partial charge in [-0.25, -0.2) is 4.79 Å². The zero-order valence-corrected chi connectivity index (χ0v) is 11.9. The number of rotatable bonds is 6. The number of carbonyl (C=O) groups is 1. The van der Waals surface area contributed by atoms with Crippen LogP contribution in [0.15, 0.2) is 24.4 Å². The van der Waals surface area contributed by atoms with Gasteiger partial charge in [-0.3, -0.25) is 4.68 Å². The van der Waals surface area contributed by atoms with Crippen LogP contribution in [0.25, 0.3) is 0 Å². The molecule has 0 unspecified atom stereocenters. The molecule has 1 aromatic carbocycles. The highest BCUT2D eigenvalue weighted by Gasteiger charge is 2.14. The molecule has 2 rings (SSSR count). The molecule has 0 aliphatic heterocycles. The molecule has 7 nitrogen and oxygen atoms in total. The smallest absolute Gasteiger partial charge is 0.337 e. The summed E-state index contributed by atoms with van der Waals surface area (Å²) in [6.45, 7) is 0.374. The van der Waals surface area contributed by atoms with E-state index in [9.17, 15) is 4.79 Å². The number of nitrogens with zero attached hydrogens (tertiary/aromatic N) is 2. The van der Waals surface area contributed by atoms with E-state index in [2.05, 4.69) is 5.10 Å². The first kappa shape index (κ1) is 14.7. The summed E-state index contributed by atoms with van der Waals surface area (Å²) >= 11 is 0. The summed E-state index contributed by atoms with van der Waals surface area (Å²) in [6, 6.07) is 4.72. The predicted molar refractivity (Wildman–Crippen MR) is 76.8 cm³/mol. The minimum atomic E-state index is -1.10. The fourth-order valence-electron chi connectivity index (χ4n) is 1.95. The lowest BCUT2D eigenvalue weighted by Gasteiger charge is -2.13. The van der Waals surface area contributed by atoms with Gasteiger partial charge in [0.25, 0.3) is 0 Å². The van der Waals surface area contributed by atoms with Crippen LogP contribution in [0, 0.1) is 0 Å². The van der Waals surface area contributed by atoms with Gasteiger partial charge in [0.2, 0.25) is 0 Å². The highest BCUT2D eigenvalue weighted by Crippen LogP contribution is 2.32. The second-order valence-corrected chi connectivity index (χ2v) is 4.44. The molecule has 0 fully saturated rings. The SMILES string of the molecule is COc1cc(N)c(C(=O)O)cc1OCCc1ccnn1C. The van der Waals surface area contributed by atoms with Crippen LogP contribution in [-0.4, -0.2) is 34.6 Å². The fraction of sp³-hybridized carbons (Fsp3) is 0.286. The van der Waals surface area contributed by atoms with Crippen molar-refractivity contribution in [2.24, 2.45) is 7.05 Å². The number of hydrogen-bond donors (Lipinski definition) is 2. The fourth-order valence-corrected chi connectivity index (χ4v) is 1.95. The number of methoxy groups -OCH3 is 1. The standard InChI is InChI=1S/C14H17N3O4/c1-17-9(3-5-16-17)4-6-21-13-7-10(14(18)19)11(15)8-12(13)20-2/h3,5,7-8H,4,6,15H2,1-2H3,(H,18,19). The highest BCUT2D eigenvalue weighted by atomic mass is 16.5. The summed E-state index contributed by atoms with van der Waals surface area (Å²) in [5.74, 6) is -0.347. The van der Waals surface area contributed by atoms with Crippen LogP contribution in [-0.2, 0) is 13.5 Å². The topological polar surface area (TPSA) is 99.6 Å². The Morgan fingerprint density at radius 3 is 2.76 bits per heavy atom. The monoisotopic (exact) mass is 291 g/mol. The molecule has 0 aliphatic carbocycles. The van der Waals surface area contributed by atoms with Crippen LogP contribution in [0.4, 0.5) is 5.69 Å². The highest BCUT2D eigenvalue weighted by molar-refractivity contribution is 5.94. The van der Waals surface area contributed by atoms with Gasteiger partial charge in [-0.15, -0.1) is 0 Å². The summed E-state index contributed by atoms with van der Waals surface area (Å²) in [7, 11) is 3.32. The van der Waals surface area contributed by atoms with Crippen molar-refractivity contribution in [3.63, 3.8) is 0 Å². The Morgan fingerprint density at radius 2 is 2.19 bits per heavy atom. The Balaban J connectivity index is 2.13. The average Bonchev–Trinajstić information content (AvgIpc) is 2.85. The number of aryl methyl sites for hydroxylation is 1. The van der Waals surface area contributed by atoms with E-state index < -0.39 is 5.97 Å². The summed E-state index contributed by atoms with van der Waals surface area (Å²) in [4.78, 5) is 11.1. The molecule has 7 heteroatoms. The van der Waals surface area contributed by atoms with Gasteiger partial charge in [-0.1, -0.05) is 0 Å². The first-order valence-electron chi connectivity index (χ1n) is 6.33. The lowest BCUT2D eigenvalue weighted by molar-refractivity contribution is 0.0697. The minimum Gasteiger partial charge on any atom is -0.493 e. The molecule has 0 atom stereocenters. The Bertz CT molecular complexity index is 652. The first-order chi connectivity index (χ1) is 10.0. The van der Waals surface area contributed by atoms with Crippen molar-refractivity contribution >= 4 is 11.7 Å². The van der Waals surface area contributed by atoms with E-state index in [1.165, 1.54) is 19.2 Å². The zero-order valence-electron chi connectivity index (χ0n) is 11.9. The molecule has 0 saturated heterocycles. The van der Waals surface area contributed by atoms with Crippen LogP contribution in [0.3, 0.4) is 0 Å². The molecule has 1 aromatic heterocycles. The Labute approximate surface area is 121 Å². The second-order valence-electron chi connectivity index (χ2n) is 4.44. The maximum absolute atomic E-state index is 11.1. The number of nitrogen functional groups attached to an aromatic ring is 1. The zero-order chi connectivity index (χ0) is 15.4. The number of aromatic carboxylic acids is 1. The van der Waals surface area contributed by atoms with Crippen molar-refractivity contribution in [3.8, 4) is 11.5 Å². The number of ether oxygens (including phenoxy) is 2. The number of carboxylic acid groups (broad SMARTS) is 1. The third-order valence-corrected chi connectivity index (χ3v) is 3.10. The molecular formula is C14H17N3O4. The number of nitrogens with two attached hydrogens (primary N) is 1. The molecule has 0 radical (unpaired) electrons. The van der Waals surface area contributed by atoms with Gasteiger partial charge in [0, 0.05) is 37.5 Å². The molecule has 0 saturated carbocycles. The van der Waals surface area contributed by atoms with Crippen LogP contribution in [0.1, 0.15) is 16.1 Å². The summed E-state index contributed by atoms with van der Waals surface area (Å²) < 4.78 is 12.5. The molecule has 112 valence electrons. The molecular weight excluding hydrogens is 274 g/mol. The van der Waals surface area contributed by atoms with Gasteiger partial charge >= 0.3 is 5.97 Å². The molecule has 3 N–H and O–H groups in total. The predicted octanol–water partition coefficient (Wildman–Crippen LogP) is 1.33. The molecule has 2 aromatic rings. The molecule has 1 heterocycles. The number of hydrogen-bond acceptors (Lipinski definition) is 5. The van der Waals surface area contributed by atoms with Crippen molar-refractivity contribution in [1.82, 2.24) is 9.78 Å². The third kappa shape index (κ3) is 3.25. The van der Waals surface area contributed by atoms with E-state index in [1.807, 2.05) is 13.1 Å². The third-order valence-electron chi connectivity index (χ3n) is 3.10. The first-order valence-corrected chi connectivity index (χ1v) is 6.33. The van der Waals surface area contributed by atoms with Gasteiger partial charge in [-0.2, -0.15) is 5.10 Å². The number of aromatic nitrogens is 2. The van der Waals surface area contributed by atoms with E-state index >= 15 is 0 Å². The normalized spacial score (nSPS) is 10.4. The number of anilines is 1. The Morgan fingerprint density at radius 1 is 1.43 bits per heavy atom. The molecule has 0 bridgehead atoms. The van der Waals surface area contributed by atoms with Gasteiger partial charge in [0.05, 0.1) is 25.0 Å². The maximum atomic E-state index is 11.1. The van der Waals surface area contributed by atoms with Crippen LogP contribution in [0.2, 0.25) is 0 Å². The van der Waals surface area contributed by atoms with Crippen molar-refractivity contribution < 1.29 is 19.4 Å². The van der Waals surface area contributed by atoms with E-state index in [-0.39, 0.29) is 11.3 Å². The van der Waals surface area contributed by atoms with E-state index in [0.717, 1.165) is 5.69 Å².